The van der Waals surface area contributed by atoms with E-state index in [1.165, 1.54) is 0 Å². The van der Waals surface area contributed by atoms with Crippen molar-refractivity contribution in [3.8, 4) is 11.8 Å². The van der Waals surface area contributed by atoms with Crippen LogP contribution in [0.15, 0.2) is 17.1 Å². The summed E-state index contributed by atoms with van der Waals surface area (Å²) in [4.78, 5) is 4.58. The number of nitriles is 1. The van der Waals surface area contributed by atoms with Gasteiger partial charge >= 0.3 is 0 Å². The topological polar surface area (TPSA) is 45.4 Å². The van der Waals surface area contributed by atoms with Gasteiger partial charge in [-0.25, -0.2) is 0 Å². The molecule has 0 unspecified atom stereocenters. The second-order valence-corrected chi connectivity index (χ2v) is 4.05. The van der Waals surface area contributed by atoms with Crippen LogP contribution in [0.5, 0.6) is 5.75 Å². The van der Waals surface area contributed by atoms with E-state index in [0.717, 1.165) is 29.8 Å². The number of rotatable bonds is 4. The molecule has 0 atom stereocenters. The Morgan fingerprint density at radius 1 is 1.47 bits per heavy atom. The van der Waals surface area contributed by atoms with Gasteiger partial charge in [0, 0.05) is 11.8 Å². The third-order valence-electron chi connectivity index (χ3n) is 2.53. The van der Waals surface area contributed by atoms with Crippen molar-refractivity contribution in [2.75, 3.05) is 7.11 Å². The summed E-state index contributed by atoms with van der Waals surface area (Å²) in [6, 6.07) is 5.68. The van der Waals surface area contributed by atoms with Gasteiger partial charge in [0.05, 0.1) is 18.7 Å². The van der Waals surface area contributed by atoms with Gasteiger partial charge in [0.1, 0.15) is 11.4 Å². The van der Waals surface area contributed by atoms with E-state index in [1.54, 1.807) is 13.2 Å². The highest BCUT2D eigenvalue weighted by molar-refractivity contribution is 5.86. The molecule has 0 fully saturated rings. The average Bonchev–Trinajstić information content (AvgIpc) is 2.31. The van der Waals surface area contributed by atoms with Gasteiger partial charge in [-0.1, -0.05) is 13.3 Å². The van der Waals surface area contributed by atoms with Gasteiger partial charge in [0.2, 0.25) is 0 Å². The van der Waals surface area contributed by atoms with Crippen LogP contribution in [-0.2, 0) is 0 Å². The molecule has 0 saturated carbocycles. The van der Waals surface area contributed by atoms with Gasteiger partial charge in [-0.05, 0) is 31.9 Å². The molecule has 0 aliphatic carbocycles. The van der Waals surface area contributed by atoms with Crippen LogP contribution in [0.4, 0.5) is 5.69 Å². The van der Waals surface area contributed by atoms with Crippen molar-refractivity contribution in [1.29, 1.82) is 5.26 Å². The highest BCUT2D eigenvalue weighted by Gasteiger charge is 2.08. The second-order valence-electron chi connectivity index (χ2n) is 4.05. The minimum atomic E-state index is 0.603. The molecular formula is C14H18N2O. The van der Waals surface area contributed by atoms with E-state index < -0.39 is 0 Å². The Morgan fingerprint density at radius 2 is 2.18 bits per heavy atom. The minimum absolute atomic E-state index is 0.603. The molecule has 3 heteroatoms. The predicted octanol–water partition coefficient (Wildman–Crippen LogP) is 3.77. The molecule has 0 N–H and O–H groups in total. The van der Waals surface area contributed by atoms with Crippen molar-refractivity contribution in [1.82, 2.24) is 0 Å². The fourth-order valence-corrected chi connectivity index (χ4v) is 1.72. The predicted molar refractivity (Wildman–Crippen MR) is 70.1 cm³/mol. The molecule has 90 valence electrons. The number of nitrogens with zero attached hydrogens (tertiary/aromatic N) is 2. The maximum absolute atomic E-state index is 8.90. The smallest absolute Gasteiger partial charge is 0.146 e. The largest absolute Gasteiger partial charge is 0.494 e. The summed E-state index contributed by atoms with van der Waals surface area (Å²) in [7, 11) is 1.60. The summed E-state index contributed by atoms with van der Waals surface area (Å²) in [6.45, 7) is 6.09. The molecule has 0 amide bonds. The quantitative estimate of drug-likeness (QED) is 0.739. The second kappa shape index (κ2) is 6.05. The fraction of sp³-hybridized carbons (Fsp3) is 0.429. The van der Waals surface area contributed by atoms with Gasteiger partial charge in [-0.15, -0.1) is 0 Å². The molecule has 0 aliphatic rings. The Labute approximate surface area is 103 Å². The third-order valence-corrected chi connectivity index (χ3v) is 2.53. The minimum Gasteiger partial charge on any atom is -0.494 e. The van der Waals surface area contributed by atoms with Gasteiger partial charge in [0.15, 0.2) is 0 Å². The summed E-state index contributed by atoms with van der Waals surface area (Å²) >= 11 is 0. The molecule has 0 heterocycles. The monoisotopic (exact) mass is 230 g/mol. The zero-order valence-corrected chi connectivity index (χ0v) is 10.9. The summed E-state index contributed by atoms with van der Waals surface area (Å²) < 4.78 is 5.29. The first kappa shape index (κ1) is 13.2. The van der Waals surface area contributed by atoms with Crippen molar-refractivity contribution in [2.45, 2.75) is 33.6 Å². The summed E-state index contributed by atoms with van der Waals surface area (Å²) in [5.41, 5.74) is 3.49. The van der Waals surface area contributed by atoms with E-state index in [-0.39, 0.29) is 0 Å². The Bertz CT molecular complexity index is 470. The number of aliphatic imine (C=N–C) groups is 1. The van der Waals surface area contributed by atoms with E-state index in [1.807, 2.05) is 19.9 Å². The van der Waals surface area contributed by atoms with Crippen LogP contribution in [0.1, 0.15) is 37.8 Å². The van der Waals surface area contributed by atoms with E-state index in [2.05, 4.69) is 18.0 Å². The molecule has 0 aromatic heterocycles. The number of methoxy groups -OCH3 is 1. The first-order valence-corrected chi connectivity index (χ1v) is 5.75. The lowest BCUT2D eigenvalue weighted by Gasteiger charge is -2.09. The maximum Gasteiger partial charge on any atom is 0.146 e. The van der Waals surface area contributed by atoms with E-state index in [9.17, 15) is 0 Å². The van der Waals surface area contributed by atoms with Crippen molar-refractivity contribution in [3.63, 3.8) is 0 Å². The van der Waals surface area contributed by atoms with Crippen molar-refractivity contribution >= 4 is 11.4 Å². The number of hydrogen-bond acceptors (Lipinski definition) is 3. The molecule has 1 aromatic rings. The zero-order chi connectivity index (χ0) is 12.8. The lowest BCUT2D eigenvalue weighted by atomic mass is 10.1. The van der Waals surface area contributed by atoms with Crippen LogP contribution in [0.2, 0.25) is 0 Å². The molecule has 0 spiro atoms. The Hall–Kier alpha value is -1.82. The molecule has 0 radical (unpaired) electrons. The van der Waals surface area contributed by atoms with Crippen LogP contribution >= 0.6 is 0 Å². The molecule has 1 rings (SSSR count). The Balaban J connectivity index is 3.24. The van der Waals surface area contributed by atoms with Gasteiger partial charge < -0.3 is 4.74 Å². The summed E-state index contributed by atoms with van der Waals surface area (Å²) in [5, 5.41) is 8.90. The molecular weight excluding hydrogens is 212 g/mol. The van der Waals surface area contributed by atoms with Crippen molar-refractivity contribution in [2.24, 2.45) is 4.99 Å². The summed E-state index contributed by atoms with van der Waals surface area (Å²) in [5.74, 6) is 0.664. The van der Waals surface area contributed by atoms with E-state index in [0.29, 0.717) is 11.3 Å². The van der Waals surface area contributed by atoms with E-state index in [4.69, 9.17) is 10.00 Å². The lowest BCUT2D eigenvalue weighted by Crippen LogP contribution is -1.93. The molecule has 1 aromatic carbocycles. The van der Waals surface area contributed by atoms with Crippen LogP contribution in [-0.4, -0.2) is 12.8 Å². The summed E-state index contributed by atoms with van der Waals surface area (Å²) in [6.07, 6.45) is 2.05. The SMILES string of the molecule is CCCC(C)=Nc1c(C)cc(C#N)cc1OC. The van der Waals surface area contributed by atoms with Crippen LogP contribution in [0.25, 0.3) is 0 Å². The Kier molecular flexibility index (Phi) is 4.71. The lowest BCUT2D eigenvalue weighted by molar-refractivity contribution is 0.416. The fourth-order valence-electron chi connectivity index (χ4n) is 1.72. The normalized spacial score (nSPS) is 11.1. The van der Waals surface area contributed by atoms with Crippen LogP contribution in [0.3, 0.4) is 0 Å². The highest BCUT2D eigenvalue weighted by Crippen LogP contribution is 2.32. The molecule has 0 bridgehead atoms. The highest BCUT2D eigenvalue weighted by atomic mass is 16.5. The van der Waals surface area contributed by atoms with E-state index >= 15 is 0 Å². The van der Waals surface area contributed by atoms with Crippen LogP contribution in [0, 0.1) is 18.3 Å². The van der Waals surface area contributed by atoms with Crippen molar-refractivity contribution in [3.05, 3.63) is 23.3 Å². The van der Waals surface area contributed by atoms with Gasteiger partial charge in [-0.2, -0.15) is 5.26 Å². The molecule has 17 heavy (non-hydrogen) atoms. The Morgan fingerprint density at radius 3 is 2.71 bits per heavy atom. The van der Waals surface area contributed by atoms with Crippen molar-refractivity contribution < 1.29 is 4.74 Å². The number of benzene rings is 1. The number of aryl methyl sites for hydroxylation is 1. The third kappa shape index (κ3) is 3.32. The standard InChI is InChI=1S/C14H18N2O/c1-5-6-11(3)16-14-10(2)7-12(9-15)8-13(14)17-4/h7-8H,5-6H2,1-4H3. The first-order chi connectivity index (χ1) is 8.12. The molecule has 0 saturated heterocycles. The number of hydrogen-bond donors (Lipinski definition) is 0. The molecule has 0 aliphatic heterocycles. The molecule has 3 nitrogen and oxygen atoms in total. The van der Waals surface area contributed by atoms with Gasteiger partial charge in [-0.3, -0.25) is 4.99 Å². The maximum atomic E-state index is 8.90. The number of ether oxygens (including phenoxy) is 1. The average molecular weight is 230 g/mol. The van der Waals surface area contributed by atoms with Crippen LogP contribution < -0.4 is 4.74 Å². The first-order valence-electron chi connectivity index (χ1n) is 5.75. The zero-order valence-electron chi connectivity index (χ0n) is 10.9. The van der Waals surface area contributed by atoms with Gasteiger partial charge in [0.25, 0.3) is 0 Å².